The Labute approximate surface area is 82.5 Å². The Balaban J connectivity index is 1.99. The van der Waals surface area contributed by atoms with Gasteiger partial charge in [-0.25, -0.2) is 5.43 Å². The Morgan fingerprint density at radius 1 is 1.36 bits per heavy atom. The number of fused-ring (bicyclic) bond motifs is 2. The van der Waals surface area contributed by atoms with Crippen molar-refractivity contribution in [2.24, 2.45) is 4.99 Å². The third-order valence-corrected chi connectivity index (χ3v) is 2.64. The molecule has 0 aromatic carbocycles. The van der Waals surface area contributed by atoms with Crippen LogP contribution in [0.2, 0.25) is 0 Å². The summed E-state index contributed by atoms with van der Waals surface area (Å²) in [5, 5.41) is 3.51. The lowest BCUT2D eigenvalue weighted by Crippen LogP contribution is -2.47. The average molecular weight is 188 g/mol. The van der Waals surface area contributed by atoms with E-state index in [4.69, 9.17) is 0 Å². The summed E-state index contributed by atoms with van der Waals surface area (Å²) in [5.74, 6) is 0. The van der Waals surface area contributed by atoms with Crippen LogP contribution in [0.5, 0.6) is 0 Å². The lowest BCUT2D eigenvalue weighted by Gasteiger charge is -2.25. The molecule has 0 amide bonds. The number of nitrogens with one attached hydrogen (secondary N) is 3. The largest absolute Gasteiger partial charge is 0.324 e. The van der Waals surface area contributed by atoms with E-state index in [-0.39, 0.29) is 6.04 Å². The summed E-state index contributed by atoms with van der Waals surface area (Å²) in [4.78, 5) is 4.37. The number of hydrogen-bond donors (Lipinski definition) is 3. The molecule has 1 saturated heterocycles. The number of allylic oxidation sites excluding steroid dienone is 2. The van der Waals surface area contributed by atoms with Crippen molar-refractivity contribution in [1.29, 1.82) is 0 Å². The van der Waals surface area contributed by atoms with Crippen LogP contribution in [-0.2, 0) is 0 Å². The number of aliphatic imine (C=N–C) groups is 1. The van der Waals surface area contributed by atoms with Crippen molar-refractivity contribution in [3.05, 3.63) is 36.2 Å². The quantitative estimate of drug-likeness (QED) is 0.495. The predicted molar refractivity (Wildman–Crippen MR) is 55.6 cm³/mol. The predicted octanol–water partition coefficient (Wildman–Crippen LogP) is -0.157. The van der Waals surface area contributed by atoms with E-state index in [2.05, 4.69) is 33.3 Å². The summed E-state index contributed by atoms with van der Waals surface area (Å²) < 4.78 is 0. The lowest BCUT2D eigenvalue weighted by atomic mass is 10.0. The topological polar surface area (TPSA) is 48.5 Å². The molecule has 0 aliphatic carbocycles. The molecule has 14 heavy (non-hydrogen) atoms. The Kier molecular flexibility index (Phi) is 1.75. The molecule has 3 aliphatic heterocycles. The minimum absolute atomic E-state index is 0.250. The molecular weight excluding hydrogens is 176 g/mol. The van der Waals surface area contributed by atoms with Crippen LogP contribution in [0.1, 0.15) is 0 Å². The van der Waals surface area contributed by atoms with Gasteiger partial charge < -0.3 is 5.43 Å². The SMILES string of the molecule is C1=CN=C2C=C3NNCC3NC2C=C1. The fourth-order valence-corrected chi connectivity index (χ4v) is 1.91. The molecule has 0 aromatic heterocycles. The van der Waals surface area contributed by atoms with Crippen LogP contribution in [0.15, 0.2) is 41.2 Å². The molecule has 3 N–H and O–H groups in total. The summed E-state index contributed by atoms with van der Waals surface area (Å²) in [6.45, 7) is 0.927. The van der Waals surface area contributed by atoms with Gasteiger partial charge in [0, 0.05) is 18.4 Å². The van der Waals surface area contributed by atoms with Gasteiger partial charge in [-0.05, 0) is 12.2 Å². The minimum Gasteiger partial charge on any atom is -0.324 e. The Morgan fingerprint density at radius 3 is 3.36 bits per heavy atom. The van der Waals surface area contributed by atoms with Crippen LogP contribution < -0.4 is 16.2 Å². The average Bonchev–Trinajstić information content (AvgIpc) is 2.51. The molecule has 0 spiro atoms. The Bertz CT molecular complexity index is 364. The smallest absolute Gasteiger partial charge is 0.0690 e. The zero-order chi connectivity index (χ0) is 9.38. The van der Waals surface area contributed by atoms with Gasteiger partial charge in [0.1, 0.15) is 0 Å². The van der Waals surface area contributed by atoms with Crippen molar-refractivity contribution in [1.82, 2.24) is 16.2 Å². The van der Waals surface area contributed by atoms with Gasteiger partial charge in [0.15, 0.2) is 0 Å². The standard InChI is InChI=1S/C10H12N4/c1-2-4-11-8-5-9-10(6-12-14-9)13-7(8)3-1/h1-5,7,10,12-14H,6H2. The molecule has 72 valence electrons. The van der Waals surface area contributed by atoms with Crippen LogP contribution >= 0.6 is 0 Å². The summed E-state index contributed by atoms with van der Waals surface area (Å²) in [5.41, 5.74) is 8.49. The normalized spacial score (nSPS) is 33.7. The van der Waals surface area contributed by atoms with Gasteiger partial charge in [-0.1, -0.05) is 12.2 Å². The number of rotatable bonds is 0. The molecule has 4 heteroatoms. The van der Waals surface area contributed by atoms with Crippen LogP contribution in [0.3, 0.4) is 0 Å². The van der Waals surface area contributed by atoms with Crippen LogP contribution in [-0.4, -0.2) is 24.3 Å². The van der Waals surface area contributed by atoms with Crippen molar-refractivity contribution in [3.63, 3.8) is 0 Å². The van der Waals surface area contributed by atoms with Gasteiger partial charge in [0.25, 0.3) is 0 Å². The zero-order valence-electron chi connectivity index (χ0n) is 7.70. The maximum absolute atomic E-state index is 4.37. The van der Waals surface area contributed by atoms with Crippen LogP contribution in [0.4, 0.5) is 0 Å². The van der Waals surface area contributed by atoms with E-state index in [9.17, 15) is 0 Å². The third kappa shape index (κ3) is 1.20. The molecule has 2 atom stereocenters. The van der Waals surface area contributed by atoms with Gasteiger partial charge in [0.05, 0.1) is 17.8 Å². The number of hydrazine groups is 1. The van der Waals surface area contributed by atoms with Gasteiger partial charge >= 0.3 is 0 Å². The van der Waals surface area contributed by atoms with Crippen LogP contribution in [0, 0.1) is 0 Å². The first-order chi connectivity index (χ1) is 6.93. The first kappa shape index (κ1) is 7.96. The van der Waals surface area contributed by atoms with Crippen molar-refractivity contribution >= 4 is 5.71 Å². The maximum atomic E-state index is 4.37. The second kappa shape index (κ2) is 3.08. The molecule has 4 nitrogen and oxygen atoms in total. The number of nitrogens with zero attached hydrogens (tertiary/aromatic N) is 1. The summed E-state index contributed by atoms with van der Waals surface area (Å²) in [7, 11) is 0. The fraction of sp³-hybridized carbons (Fsp3) is 0.300. The highest BCUT2D eigenvalue weighted by atomic mass is 15.4. The van der Waals surface area contributed by atoms with Crippen molar-refractivity contribution in [2.75, 3.05) is 6.54 Å². The van der Waals surface area contributed by atoms with Gasteiger partial charge in [-0.15, -0.1) is 0 Å². The Hall–Kier alpha value is -1.39. The van der Waals surface area contributed by atoms with Gasteiger partial charge in [-0.2, -0.15) is 0 Å². The second-order valence-electron chi connectivity index (χ2n) is 3.58. The monoisotopic (exact) mass is 188 g/mol. The van der Waals surface area contributed by atoms with Crippen molar-refractivity contribution in [3.8, 4) is 0 Å². The molecule has 3 rings (SSSR count). The highest BCUT2D eigenvalue weighted by Gasteiger charge is 2.29. The summed E-state index contributed by atoms with van der Waals surface area (Å²) in [6.07, 6.45) is 10.1. The second-order valence-corrected chi connectivity index (χ2v) is 3.58. The maximum Gasteiger partial charge on any atom is 0.0690 e. The summed E-state index contributed by atoms with van der Waals surface area (Å²) in [6, 6.07) is 0.641. The van der Waals surface area contributed by atoms with Gasteiger partial charge in [-0.3, -0.25) is 10.3 Å². The lowest BCUT2D eigenvalue weighted by molar-refractivity contribution is 0.590. The first-order valence-electron chi connectivity index (χ1n) is 4.81. The first-order valence-corrected chi connectivity index (χ1v) is 4.81. The van der Waals surface area contributed by atoms with E-state index < -0.39 is 0 Å². The van der Waals surface area contributed by atoms with E-state index in [0.29, 0.717) is 6.04 Å². The highest BCUT2D eigenvalue weighted by Crippen LogP contribution is 2.14. The number of hydrogen-bond acceptors (Lipinski definition) is 4. The zero-order valence-corrected chi connectivity index (χ0v) is 7.70. The van der Waals surface area contributed by atoms with E-state index >= 15 is 0 Å². The molecule has 0 bridgehead atoms. The van der Waals surface area contributed by atoms with Crippen molar-refractivity contribution in [2.45, 2.75) is 12.1 Å². The van der Waals surface area contributed by atoms with E-state index in [1.54, 1.807) is 0 Å². The molecule has 3 aliphatic rings. The third-order valence-electron chi connectivity index (χ3n) is 2.64. The molecule has 2 unspecified atom stereocenters. The van der Waals surface area contributed by atoms with Gasteiger partial charge in [0.2, 0.25) is 0 Å². The Morgan fingerprint density at radius 2 is 2.36 bits per heavy atom. The minimum atomic E-state index is 0.250. The van der Waals surface area contributed by atoms with E-state index in [1.165, 1.54) is 5.70 Å². The molecule has 1 fully saturated rings. The summed E-state index contributed by atoms with van der Waals surface area (Å²) >= 11 is 0. The molecule has 0 aromatic rings. The molecule has 0 saturated carbocycles. The van der Waals surface area contributed by atoms with E-state index in [1.807, 2.05) is 18.4 Å². The molecule has 0 radical (unpaired) electrons. The fourth-order valence-electron chi connectivity index (χ4n) is 1.91. The molecule has 3 heterocycles. The molecular formula is C10H12N4. The van der Waals surface area contributed by atoms with Crippen LogP contribution in [0.25, 0.3) is 0 Å². The van der Waals surface area contributed by atoms with E-state index in [0.717, 1.165) is 12.3 Å². The van der Waals surface area contributed by atoms with Crippen molar-refractivity contribution < 1.29 is 0 Å². The highest BCUT2D eigenvalue weighted by molar-refractivity contribution is 6.02.